The lowest BCUT2D eigenvalue weighted by molar-refractivity contribution is 0.481. The number of nitrogen functional groups attached to an aromatic ring is 1. The fourth-order valence-corrected chi connectivity index (χ4v) is 1.69. The summed E-state index contributed by atoms with van der Waals surface area (Å²) >= 11 is 9.13. The highest BCUT2D eigenvalue weighted by atomic mass is 79.9. The van der Waals surface area contributed by atoms with E-state index in [1.54, 1.807) is 36.7 Å². The second-order valence-corrected chi connectivity index (χ2v) is 4.38. The first-order chi connectivity index (χ1) is 7.66. The summed E-state index contributed by atoms with van der Waals surface area (Å²) in [4.78, 5) is 3.94. The van der Waals surface area contributed by atoms with Crippen LogP contribution in [-0.4, -0.2) is 4.98 Å². The maximum Gasteiger partial charge on any atom is 0.150 e. The Hall–Kier alpha value is -1.26. The molecule has 2 aromatic rings. The molecule has 0 aliphatic rings. The number of anilines is 1. The Bertz CT molecular complexity index is 519. The molecule has 0 aliphatic heterocycles. The molecule has 2 N–H and O–H groups in total. The van der Waals surface area contributed by atoms with Crippen molar-refractivity contribution in [1.29, 1.82) is 0 Å². The maximum absolute atomic E-state index is 5.80. The number of ether oxygens (including phenoxy) is 1. The second-order valence-electron chi connectivity index (χ2n) is 3.09. The SMILES string of the molecule is Nc1cc(Cl)ccc1Oc1ccncc1Br. The molecule has 3 nitrogen and oxygen atoms in total. The van der Waals surface area contributed by atoms with Crippen LogP contribution in [0.25, 0.3) is 0 Å². The van der Waals surface area contributed by atoms with E-state index in [-0.39, 0.29) is 0 Å². The number of pyridine rings is 1. The van der Waals surface area contributed by atoms with Crippen molar-refractivity contribution in [3.05, 3.63) is 46.2 Å². The van der Waals surface area contributed by atoms with E-state index in [1.807, 2.05) is 0 Å². The molecule has 1 aromatic heterocycles. The number of hydrogen-bond acceptors (Lipinski definition) is 3. The first-order valence-corrected chi connectivity index (χ1v) is 5.66. The number of nitrogens with two attached hydrogens (primary N) is 1. The van der Waals surface area contributed by atoms with Crippen molar-refractivity contribution in [2.45, 2.75) is 0 Å². The van der Waals surface area contributed by atoms with E-state index >= 15 is 0 Å². The average molecular weight is 300 g/mol. The third-order valence-corrected chi connectivity index (χ3v) is 2.76. The Kier molecular flexibility index (Phi) is 3.31. The molecule has 0 saturated carbocycles. The first-order valence-electron chi connectivity index (χ1n) is 4.49. The average Bonchev–Trinajstić information content (AvgIpc) is 2.25. The molecule has 2 rings (SSSR count). The highest BCUT2D eigenvalue weighted by Gasteiger charge is 2.05. The van der Waals surface area contributed by atoms with Crippen LogP contribution >= 0.6 is 27.5 Å². The van der Waals surface area contributed by atoms with Gasteiger partial charge in [0.2, 0.25) is 0 Å². The molecular formula is C11H8BrClN2O. The molecule has 0 spiro atoms. The second kappa shape index (κ2) is 4.72. The Morgan fingerprint density at radius 2 is 2.06 bits per heavy atom. The maximum atomic E-state index is 5.80. The highest BCUT2D eigenvalue weighted by Crippen LogP contribution is 2.33. The van der Waals surface area contributed by atoms with Gasteiger partial charge in [-0.25, -0.2) is 0 Å². The Balaban J connectivity index is 2.31. The summed E-state index contributed by atoms with van der Waals surface area (Å²) in [7, 11) is 0. The van der Waals surface area contributed by atoms with Crippen LogP contribution in [0.2, 0.25) is 5.02 Å². The van der Waals surface area contributed by atoms with E-state index in [9.17, 15) is 0 Å². The summed E-state index contributed by atoms with van der Waals surface area (Å²) in [5.74, 6) is 1.22. The van der Waals surface area contributed by atoms with Gasteiger partial charge in [0.05, 0.1) is 10.2 Å². The lowest BCUT2D eigenvalue weighted by atomic mass is 10.3. The zero-order chi connectivity index (χ0) is 11.5. The Morgan fingerprint density at radius 3 is 2.75 bits per heavy atom. The first kappa shape index (κ1) is 11.2. The zero-order valence-electron chi connectivity index (χ0n) is 8.15. The van der Waals surface area contributed by atoms with Crippen LogP contribution in [0.5, 0.6) is 11.5 Å². The number of halogens is 2. The van der Waals surface area contributed by atoms with Gasteiger partial charge in [0, 0.05) is 23.5 Å². The van der Waals surface area contributed by atoms with E-state index in [4.69, 9.17) is 22.1 Å². The van der Waals surface area contributed by atoms with Crippen molar-refractivity contribution in [3.8, 4) is 11.5 Å². The molecule has 0 unspecified atom stereocenters. The summed E-state index contributed by atoms with van der Waals surface area (Å²) in [5, 5.41) is 0.582. The van der Waals surface area contributed by atoms with Crippen molar-refractivity contribution in [1.82, 2.24) is 4.98 Å². The molecule has 0 saturated heterocycles. The molecule has 82 valence electrons. The molecule has 0 bridgehead atoms. The van der Waals surface area contributed by atoms with Gasteiger partial charge < -0.3 is 10.5 Å². The molecule has 16 heavy (non-hydrogen) atoms. The predicted octanol–water partition coefficient (Wildman–Crippen LogP) is 3.87. The molecule has 5 heteroatoms. The van der Waals surface area contributed by atoms with Gasteiger partial charge >= 0.3 is 0 Å². The fraction of sp³-hybridized carbons (Fsp3) is 0. The number of aromatic nitrogens is 1. The molecule has 0 fully saturated rings. The monoisotopic (exact) mass is 298 g/mol. The van der Waals surface area contributed by atoms with Crippen LogP contribution in [0.15, 0.2) is 41.1 Å². The van der Waals surface area contributed by atoms with Crippen molar-refractivity contribution >= 4 is 33.2 Å². The number of benzene rings is 1. The van der Waals surface area contributed by atoms with Crippen LogP contribution in [0.3, 0.4) is 0 Å². The highest BCUT2D eigenvalue weighted by molar-refractivity contribution is 9.10. The van der Waals surface area contributed by atoms with Crippen LogP contribution < -0.4 is 10.5 Å². The van der Waals surface area contributed by atoms with Crippen LogP contribution in [0, 0.1) is 0 Å². The summed E-state index contributed by atoms with van der Waals surface area (Å²) in [6.07, 6.45) is 3.30. The minimum atomic E-state index is 0.496. The summed E-state index contributed by atoms with van der Waals surface area (Å²) in [6.45, 7) is 0. The van der Waals surface area contributed by atoms with Crippen molar-refractivity contribution < 1.29 is 4.74 Å². The molecule has 0 atom stereocenters. The van der Waals surface area contributed by atoms with Crippen LogP contribution in [0.1, 0.15) is 0 Å². The molecule has 1 heterocycles. The van der Waals surface area contributed by atoms with Gasteiger partial charge in [0.1, 0.15) is 11.5 Å². The minimum Gasteiger partial charge on any atom is -0.454 e. The lowest BCUT2D eigenvalue weighted by Crippen LogP contribution is -1.92. The van der Waals surface area contributed by atoms with Gasteiger partial charge in [-0.1, -0.05) is 11.6 Å². The molecule has 0 amide bonds. The standard InChI is InChI=1S/C11H8BrClN2O/c12-8-6-15-4-3-10(8)16-11-2-1-7(13)5-9(11)14/h1-6H,14H2. The normalized spacial score (nSPS) is 10.1. The molecule has 1 aromatic carbocycles. The van der Waals surface area contributed by atoms with E-state index in [0.29, 0.717) is 22.2 Å². The smallest absolute Gasteiger partial charge is 0.150 e. The summed E-state index contributed by atoms with van der Waals surface area (Å²) < 4.78 is 6.39. The Labute approximate surface area is 106 Å². The van der Waals surface area contributed by atoms with Crippen LogP contribution in [0.4, 0.5) is 5.69 Å². The van der Waals surface area contributed by atoms with E-state index in [0.717, 1.165) is 4.47 Å². The number of hydrogen-bond donors (Lipinski definition) is 1. The van der Waals surface area contributed by atoms with E-state index in [2.05, 4.69) is 20.9 Å². The van der Waals surface area contributed by atoms with E-state index < -0.39 is 0 Å². The third kappa shape index (κ3) is 2.46. The lowest BCUT2D eigenvalue weighted by Gasteiger charge is -2.09. The zero-order valence-corrected chi connectivity index (χ0v) is 10.5. The largest absolute Gasteiger partial charge is 0.454 e. The van der Waals surface area contributed by atoms with Gasteiger partial charge in [-0.05, 0) is 34.1 Å². The topological polar surface area (TPSA) is 48.1 Å². The number of nitrogens with zero attached hydrogens (tertiary/aromatic N) is 1. The predicted molar refractivity (Wildman–Crippen MR) is 67.9 cm³/mol. The number of rotatable bonds is 2. The van der Waals surface area contributed by atoms with Gasteiger partial charge in [-0.3, -0.25) is 4.98 Å². The van der Waals surface area contributed by atoms with Crippen LogP contribution in [-0.2, 0) is 0 Å². The van der Waals surface area contributed by atoms with Gasteiger partial charge in [0.15, 0.2) is 0 Å². The minimum absolute atomic E-state index is 0.496. The van der Waals surface area contributed by atoms with Gasteiger partial charge in [-0.15, -0.1) is 0 Å². The summed E-state index contributed by atoms with van der Waals surface area (Å²) in [5.41, 5.74) is 6.28. The Morgan fingerprint density at radius 1 is 1.25 bits per heavy atom. The van der Waals surface area contributed by atoms with E-state index in [1.165, 1.54) is 0 Å². The van der Waals surface area contributed by atoms with Crippen molar-refractivity contribution in [2.75, 3.05) is 5.73 Å². The molecule has 0 radical (unpaired) electrons. The third-order valence-electron chi connectivity index (χ3n) is 1.93. The molecular weight excluding hydrogens is 291 g/mol. The molecule has 0 aliphatic carbocycles. The van der Waals surface area contributed by atoms with Gasteiger partial charge in [0.25, 0.3) is 0 Å². The van der Waals surface area contributed by atoms with Gasteiger partial charge in [-0.2, -0.15) is 0 Å². The summed E-state index contributed by atoms with van der Waals surface area (Å²) in [6, 6.07) is 6.84. The quantitative estimate of drug-likeness (QED) is 0.856. The van der Waals surface area contributed by atoms with Crippen molar-refractivity contribution in [2.24, 2.45) is 0 Å². The fourth-order valence-electron chi connectivity index (χ4n) is 1.18. The van der Waals surface area contributed by atoms with Crippen molar-refractivity contribution in [3.63, 3.8) is 0 Å².